The predicted molar refractivity (Wildman–Crippen MR) is 160 cm³/mol. The molecule has 1 atom stereocenters. The number of carbonyl (C=O) groups excluding carboxylic acids is 3. The maximum atomic E-state index is 12.6. The summed E-state index contributed by atoms with van der Waals surface area (Å²) in [6.07, 6.45) is 2.83. The molecule has 3 N–H and O–H groups in total. The van der Waals surface area contributed by atoms with Gasteiger partial charge in [0.05, 0.1) is 34.6 Å². The maximum Gasteiger partial charge on any atom is 0.330 e. The quantitative estimate of drug-likeness (QED) is 0.280. The van der Waals surface area contributed by atoms with Crippen LogP contribution in [0.3, 0.4) is 0 Å². The lowest BCUT2D eigenvalue weighted by molar-refractivity contribution is -0.147. The van der Waals surface area contributed by atoms with Crippen molar-refractivity contribution in [1.29, 1.82) is 0 Å². The summed E-state index contributed by atoms with van der Waals surface area (Å²) in [6.45, 7) is 6.30. The highest BCUT2D eigenvalue weighted by atomic mass is 35.5. The van der Waals surface area contributed by atoms with Gasteiger partial charge in [0.1, 0.15) is 11.8 Å². The van der Waals surface area contributed by atoms with Gasteiger partial charge in [-0.2, -0.15) is 0 Å². The summed E-state index contributed by atoms with van der Waals surface area (Å²) >= 11 is 12.6. The molecule has 0 radical (unpaired) electrons. The van der Waals surface area contributed by atoms with E-state index in [4.69, 9.17) is 38.4 Å². The number of fused-ring (bicyclic) bond motifs is 1. The number of ether oxygens (including phenoxy) is 2. The number of nitrogens with zero attached hydrogens (tertiary/aromatic N) is 3. The van der Waals surface area contributed by atoms with Crippen molar-refractivity contribution >= 4 is 52.4 Å². The van der Waals surface area contributed by atoms with E-state index in [9.17, 15) is 14.4 Å². The van der Waals surface area contributed by atoms with Gasteiger partial charge in [0, 0.05) is 38.7 Å². The fourth-order valence-corrected chi connectivity index (χ4v) is 5.35. The van der Waals surface area contributed by atoms with Gasteiger partial charge in [-0.3, -0.25) is 19.4 Å². The average molecular weight is 607 g/mol. The molecule has 2 aliphatic rings. The van der Waals surface area contributed by atoms with Crippen LogP contribution in [0.4, 0.5) is 11.4 Å². The smallest absolute Gasteiger partial charge is 0.330 e. The lowest BCUT2D eigenvalue weighted by atomic mass is 10.0. The highest BCUT2D eigenvalue weighted by Crippen LogP contribution is 2.33. The molecule has 2 aromatic rings. The number of nitrogens with one attached hydrogen (secondary N) is 1. The zero-order chi connectivity index (χ0) is 29.4. The molecule has 0 saturated carbocycles. The van der Waals surface area contributed by atoms with Crippen LogP contribution in [0.5, 0.6) is 5.75 Å². The highest BCUT2D eigenvalue weighted by molar-refractivity contribution is 6.43. The lowest BCUT2D eigenvalue weighted by Gasteiger charge is -2.36. The fourth-order valence-electron chi connectivity index (χ4n) is 4.94. The molecule has 0 aromatic heterocycles. The number of anilines is 2. The number of hydrogen-bond acceptors (Lipinski definition) is 8. The summed E-state index contributed by atoms with van der Waals surface area (Å²) in [5.74, 6) is -0.588. The number of aryl methyl sites for hydroxylation is 1. The second kappa shape index (κ2) is 14.7. The molecule has 4 rings (SSSR count). The van der Waals surface area contributed by atoms with E-state index >= 15 is 0 Å². The molecule has 2 aromatic carbocycles. The number of nitrogens with two attached hydrogens (primary N) is 1. The number of halogens is 2. The van der Waals surface area contributed by atoms with Crippen LogP contribution >= 0.6 is 23.2 Å². The Morgan fingerprint density at radius 3 is 2.59 bits per heavy atom. The SMILES string of the molecule is CC(NC(=O)CN)C(=O)OCN1C(=O)CCc2ccc(OCCCCN3CCN(c4cccc(Cl)c4Cl)CC3)cc21. The van der Waals surface area contributed by atoms with Crippen LogP contribution in [0.1, 0.15) is 31.7 Å². The number of benzene rings is 2. The highest BCUT2D eigenvalue weighted by Gasteiger charge is 2.27. The third-order valence-electron chi connectivity index (χ3n) is 7.29. The summed E-state index contributed by atoms with van der Waals surface area (Å²) < 4.78 is 11.3. The van der Waals surface area contributed by atoms with Crippen molar-refractivity contribution in [3.05, 3.63) is 52.0 Å². The van der Waals surface area contributed by atoms with E-state index in [1.54, 1.807) is 6.07 Å². The van der Waals surface area contributed by atoms with Gasteiger partial charge in [0.2, 0.25) is 11.8 Å². The van der Waals surface area contributed by atoms with Gasteiger partial charge in [0.25, 0.3) is 0 Å². The minimum Gasteiger partial charge on any atom is -0.494 e. The van der Waals surface area contributed by atoms with Crippen LogP contribution in [0.2, 0.25) is 10.0 Å². The van der Waals surface area contributed by atoms with Gasteiger partial charge in [-0.1, -0.05) is 35.3 Å². The number of rotatable bonds is 12. The van der Waals surface area contributed by atoms with Crippen LogP contribution in [-0.2, 0) is 25.5 Å². The summed E-state index contributed by atoms with van der Waals surface area (Å²) in [7, 11) is 0. The molecule has 222 valence electrons. The number of esters is 1. The predicted octanol–water partition coefficient (Wildman–Crippen LogP) is 3.22. The molecular weight excluding hydrogens is 569 g/mol. The van der Waals surface area contributed by atoms with Crippen molar-refractivity contribution in [2.45, 2.75) is 38.6 Å². The fraction of sp³-hybridized carbons (Fsp3) is 0.483. The van der Waals surface area contributed by atoms with E-state index in [2.05, 4.69) is 15.1 Å². The third kappa shape index (κ3) is 8.25. The van der Waals surface area contributed by atoms with E-state index in [1.807, 2.05) is 30.3 Å². The first-order chi connectivity index (χ1) is 19.8. The standard InChI is InChI=1S/C29H37Cl2N5O5/c1-20(33-26(37)18-32)29(39)41-19-36-25-17-22(9-7-21(25)8-10-27(36)38)40-16-3-2-11-34-12-14-35(15-13-34)24-6-4-5-23(30)28(24)31/h4-7,9,17,20H,2-3,8,10-16,18-19,32H2,1H3,(H,33,37). The molecule has 1 fully saturated rings. The topological polar surface area (TPSA) is 117 Å². The Kier molecular flexibility index (Phi) is 11.1. The van der Waals surface area contributed by atoms with Crippen molar-refractivity contribution in [2.75, 3.05) is 62.4 Å². The maximum absolute atomic E-state index is 12.6. The van der Waals surface area contributed by atoms with Crippen LogP contribution in [-0.4, -0.2) is 81.3 Å². The second-order valence-corrected chi connectivity index (χ2v) is 10.9. The number of piperazine rings is 1. The molecule has 2 aliphatic heterocycles. The molecule has 0 spiro atoms. The number of carbonyl (C=O) groups is 3. The Hall–Kier alpha value is -3.05. The molecule has 1 saturated heterocycles. The van der Waals surface area contributed by atoms with E-state index in [1.165, 1.54) is 11.8 Å². The monoisotopic (exact) mass is 605 g/mol. The van der Waals surface area contributed by atoms with Crippen LogP contribution in [0, 0.1) is 0 Å². The normalized spacial score (nSPS) is 16.2. The first-order valence-electron chi connectivity index (χ1n) is 13.9. The van der Waals surface area contributed by atoms with Gasteiger partial charge in [-0.15, -0.1) is 0 Å². The molecule has 0 aliphatic carbocycles. The second-order valence-electron chi connectivity index (χ2n) is 10.2. The Bertz CT molecular complexity index is 1240. The summed E-state index contributed by atoms with van der Waals surface area (Å²) in [6, 6.07) is 10.5. The zero-order valence-corrected chi connectivity index (χ0v) is 24.8. The molecule has 0 bridgehead atoms. The van der Waals surface area contributed by atoms with Crippen molar-refractivity contribution < 1.29 is 23.9 Å². The van der Waals surface area contributed by atoms with Crippen LogP contribution < -0.4 is 25.6 Å². The van der Waals surface area contributed by atoms with Gasteiger partial charge >= 0.3 is 5.97 Å². The Labute approximate surface area is 250 Å². The van der Waals surface area contributed by atoms with Gasteiger partial charge < -0.3 is 25.4 Å². The number of unbranched alkanes of at least 4 members (excludes halogenated alkanes) is 1. The Balaban J connectivity index is 1.21. The summed E-state index contributed by atoms with van der Waals surface area (Å²) in [5, 5.41) is 3.63. The van der Waals surface area contributed by atoms with Crippen molar-refractivity contribution in [3.8, 4) is 5.75 Å². The molecule has 2 heterocycles. The summed E-state index contributed by atoms with van der Waals surface area (Å²) in [4.78, 5) is 42.5. The molecule has 10 nitrogen and oxygen atoms in total. The Morgan fingerprint density at radius 2 is 1.83 bits per heavy atom. The molecule has 41 heavy (non-hydrogen) atoms. The molecule has 1 unspecified atom stereocenters. The van der Waals surface area contributed by atoms with E-state index in [0.29, 0.717) is 40.9 Å². The van der Waals surface area contributed by atoms with E-state index in [0.717, 1.165) is 56.8 Å². The van der Waals surface area contributed by atoms with Crippen LogP contribution in [0.25, 0.3) is 0 Å². The largest absolute Gasteiger partial charge is 0.494 e. The Morgan fingerprint density at radius 1 is 1.05 bits per heavy atom. The first kappa shape index (κ1) is 30.9. The van der Waals surface area contributed by atoms with Crippen molar-refractivity contribution in [3.63, 3.8) is 0 Å². The molecule has 12 heteroatoms. The zero-order valence-electron chi connectivity index (χ0n) is 23.2. The third-order valence-corrected chi connectivity index (χ3v) is 8.10. The van der Waals surface area contributed by atoms with Gasteiger partial charge in [-0.05, 0) is 56.5 Å². The number of hydrogen-bond donors (Lipinski definition) is 2. The first-order valence-corrected chi connectivity index (χ1v) is 14.7. The molecule has 2 amide bonds. The van der Waals surface area contributed by atoms with Crippen LogP contribution in [0.15, 0.2) is 36.4 Å². The van der Waals surface area contributed by atoms with Gasteiger partial charge in [0.15, 0.2) is 6.73 Å². The lowest BCUT2D eigenvalue weighted by Crippen LogP contribution is -2.46. The minimum atomic E-state index is -0.870. The van der Waals surface area contributed by atoms with Crippen molar-refractivity contribution in [1.82, 2.24) is 10.2 Å². The summed E-state index contributed by atoms with van der Waals surface area (Å²) in [5.41, 5.74) is 7.91. The van der Waals surface area contributed by atoms with E-state index in [-0.39, 0.29) is 19.2 Å². The van der Waals surface area contributed by atoms with E-state index < -0.39 is 17.9 Å². The van der Waals surface area contributed by atoms with Gasteiger partial charge in [-0.25, -0.2) is 4.79 Å². The number of amides is 2. The minimum absolute atomic E-state index is 0.140. The average Bonchev–Trinajstić information content (AvgIpc) is 2.98. The van der Waals surface area contributed by atoms with Crippen molar-refractivity contribution in [2.24, 2.45) is 5.73 Å². The molecular formula is C29H37Cl2N5O5.